The highest BCUT2D eigenvalue weighted by atomic mass is 16.5. The Morgan fingerprint density at radius 1 is 1.05 bits per heavy atom. The predicted octanol–water partition coefficient (Wildman–Crippen LogP) is 2.70. The summed E-state index contributed by atoms with van der Waals surface area (Å²) in [4.78, 5) is 24.0. The van der Waals surface area contributed by atoms with Crippen LogP contribution in [0, 0.1) is 0 Å². The molecule has 1 amide bonds. The molecule has 0 aliphatic carbocycles. The lowest BCUT2D eigenvalue weighted by Crippen LogP contribution is -2.29. The molecule has 1 rings (SSSR count). The van der Waals surface area contributed by atoms with Gasteiger partial charge >= 0.3 is 5.97 Å². The Balaban J connectivity index is 2.74. The molecule has 1 aromatic carbocycles. The molecule has 0 saturated heterocycles. The summed E-state index contributed by atoms with van der Waals surface area (Å²) in [6.45, 7) is 2.04. The summed E-state index contributed by atoms with van der Waals surface area (Å²) in [6, 6.07) is 5.30. The number of rotatable bonds is 9. The normalized spacial score (nSPS) is 10.1. The average molecular weight is 309 g/mol. The number of amides is 1. The highest BCUT2D eigenvalue weighted by Gasteiger charge is 2.14. The van der Waals surface area contributed by atoms with Crippen LogP contribution in [0.15, 0.2) is 18.2 Å². The van der Waals surface area contributed by atoms with E-state index >= 15 is 0 Å². The number of carbonyl (C=O) groups excluding carboxylic acids is 1. The van der Waals surface area contributed by atoms with Crippen LogP contribution in [-0.2, 0) is 9.59 Å². The molecule has 0 spiro atoms. The number of unbranched alkanes of at least 4 members (excludes halogenated alkanes) is 2. The highest BCUT2D eigenvalue weighted by molar-refractivity contribution is 5.91. The Morgan fingerprint density at radius 2 is 1.64 bits per heavy atom. The topological polar surface area (TPSA) is 76.1 Å². The third-order valence-corrected chi connectivity index (χ3v) is 3.30. The number of carbonyl (C=O) groups is 2. The monoisotopic (exact) mass is 309 g/mol. The standard InChI is InChI=1S/C16H23NO5/c1-12(18)17(8-6-4-5-7-16(19)20)13-9-14(21-2)11-15(10-13)22-3/h9-11H,4-8H2,1-3H3,(H,19,20). The van der Waals surface area contributed by atoms with Crippen LogP contribution in [0.25, 0.3) is 0 Å². The number of carboxylic acids is 1. The zero-order chi connectivity index (χ0) is 16.5. The van der Waals surface area contributed by atoms with Crippen molar-refractivity contribution in [2.75, 3.05) is 25.7 Å². The summed E-state index contributed by atoms with van der Waals surface area (Å²) in [5.74, 6) is 0.368. The number of nitrogens with zero attached hydrogens (tertiary/aromatic N) is 1. The van der Waals surface area contributed by atoms with Crippen LogP contribution in [0.2, 0.25) is 0 Å². The van der Waals surface area contributed by atoms with Gasteiger partial charge in [0.1, 0.15) is 11.5 Å². The molecule has 0 aliphatic heterocycles. The Kier molecular flexibility index (Phi) is 7.22. The first kappa shape index (κ1) is 17.8. The van der Waals surface area contributed by atoms with E-state index in [1.165, 1.54) is 6.92 Å². The molecule has 0 saturated carbocycles. The molecule has 6 nitrogen and oxygen atoms in total. The zero-order valence-electron chi connectivity index (χ0n) is 13.3. The van der Waals surface area contributed by atoms with Gasteiger partial charge in [-0.15, -0.1) is 0 Å². The van der Waals surface area contributed by atoms with Crippen molar-refractivity contribution in [1.82, 2.24) is 0 Å². The van der Waals surface area contributed by atoms with E-state index in [1.54, 1.807) is 37.3 Å². The minimum absolute atomic E-state index is 0.0754. The molecule has 22 heavy (non-hydrogen) atoms. The van der Waals surface area contributed by atoms with E-state index in [2.05, 4.69) is 0 Å². The molecule has 122 valence electrons. The van der Waals surface area contributed by atoms with E-state index in [0.717, 1.165) is 12.8 Å². The van der Waals surface area contributed by atoms with Gasteiger partial charge in [0.05, 0.1) is 19.9 Å². The largest absolute Gasteiger partial charge is 0.497 e. The van der Waals surface area contributed by atoms with E-state index in [-0.39, 0.29) is 12.3 Å². The zero-order valence-corrected chi connectivity index (χ0v) is 13.3. The van der Waals surface area contributed by atoms with Gasteiger partial charge in [0.25, 0.3) is 0 Å². The summed E-state index contributed by atoms with van der Waals surface area (Å²) >= 11 is 0. The van der Waals surface area contributed by atoms with Gasteiger partial charge in [0, 0.05) is 38.1 Å². The van der Waals surface area contributed by atoms with Crippen LogP contribution < -0.4 is 14.4 Å². The Morgan fingerprint density at radius 3 is 2.09 bits per heavy atom. The number of benzene rings is 1. The van der Waals surface area contributed by atoms with Gasteiger partial charge in [-0.1, -0.05) is 6.42 Å². The fourth-order valence-electron chi connectivity index (χ4n) is 2.14. The van der Waals surface area contributed by atoms with Crippen molar-refractivity contribution < 1.29 is 24.2 Å². The molecule has 0 aliphatic rings. The molecule has 1 N–H and O–H groups in total. The van der Waals surface area contributed by atoms with Crippen LogP contribution >= 0.6 is 0 Å². The minimum Gasteiger partial charge on any atom is -0.497 e. The number of anilines is 1. The third kappa shape index (κ3) is 5.63. The van der Waals surface area contributed by atoms with Gasteiger partial charge in [-0.2, -0.15) is 0 Å². The number of aliphatic carboxylic acids is 1. The average Bonchev–Trinajstić information content (AvgIpc) is 2.49. The second-order valence-electron chi connectivity index (χ2n) is 4.95. The second kappa shape index (κ2) is 8.92. The molecular weight excluding hydrogens is 286 g/mol. The van der Waals surface area contributed by atoms with E-state index in [1.807, 2.05) is 0 Å². The Labute approximate surface area is 130 Å². The Bertz CT molecular complexity index is 493. The van der Waals surface area contributed by atoms with Crippen molar-refractivity contribution in [3.05, 3.63) is 18.2 Å². The maximum absolute atomic E-state index is 11.9. The summed E-state index contributed by atoms with van der Waals surface area (Å²) in [6.07, 6.45) is 2.28. The first-order valence-electron chi connectivity index (χ1n) is 7.21. The van der Waals surface area contributed by atoms with Crippen molar-refractivity contribution in [3.8, 4) is 11.5 Å². The van der Waals surface area contributed by atoms with Crippen molar-refractivity contribution in [2.24, 2.45) is 0 Å². The fourth-order valence-corrected chi connectivity index (χ4v) is 2.14. The van der Waals surface area contributed by atoms with Gasteiger partial charge in [0.2, 0.25) is 5.91 Å². The smallest absolute Gasteiger partial charge is 0.303 e. The third-order valence-electron chi connectivity index (χ3n) is 3.30. The van der Waals surface area contributed by atoms with Gasteiger partial charge in [-0.25, -0.2) is 0 Å². The molecule has 0 fully saturated rings. The van der Waals surface area contributed by atoms with E-state index in [9.17, 15) is 9.59 Å². The lowest BCUT2D eigenvalue weighted by Gasteiger charge is -2.22. The van der Waals surface area contributed by atoms with E-state index in [4.69, 9.17) is 14.6 Å². The van der Waals surface area contributed by atoms with Crippen LogP contribution in [0.3, 0.4) is 0 Å². The van der Waals surface area contributed by atoms with Crippen LogP contribution in [0.5, 0.6) is 11.5 Å². The van der Waals surface area contributed by atoms with Gasteiger partial charge < -0.3 is 19.5 Å². The van der Waals surface area contributed by atoms with Gasteiger partial charge in [-0.05, 0) is 12.8 Å². The Hall–Kier alpha value is -2.24. The summed E-state index contributed by atoms with van der Waals surface area (Å²) in [5.41, 5.74) is 0.710. The molecule has 0 heterocycles. The number of ether oxygens (including phenoxy) is 2. The quantitative estimate of drug-likeness (QED) is 0.710. The number of hydrogen-bond donors (Lipinski definition) is 1. The molecular formula is C16H23NO5. The van der Waals surface area contributed by atoms with E-state index < -0.39 is 5.97 Å². The predicted molar refractivity (Wildman–Crippen MR) is 83.7 cm³/mol. The molecule has 1 aromatic rings. The molecule has 0 unspecified atom stereocenters. The van der Waals surface area contributed by atoms with Gasteiger partial charge in [-0.3, -0.25) is 9.59 Å². The maximum Gasteiger partial charge on any atom is 0.303 e. The molecule has 0 aromatic heterocycles. The highest BCUT2D eigenvalue weighted by Crippen LogP contribution is 2.28. The first-order valence-corrected chi connectivity index (χ1v) is 7.21. The van der Waals surface area contributed by atoms with Gasteiger partial charge in [0.15, 0.2) is 0 Å². The SMILES string of the molecule is COc1cc(OC)cc(N(CCCCCC(=O)O)C(C)=O)c1. The fraction of sp³-hybridized carbons (Fsp3) is 0.500. The summed E-state index contributed by atoms with van der Waals surface area (Å²) < 4.78 is 10.4. The summed E-state index contributed by atoms with van der Waals surface area (Å²) in [5, 5.41) is 8.61. The van der Waals surface area contributed by atoms with Crippen LogP contribution in [0.4, 0.5) is 5.69 Å². The number of hydrogen-bond acceptors (Lipinski definition) is 4. The minimum atomic E-state index is -0.791. The first-order chi connectivity index (χ1) is 10.5. The molecule has 0 radical (unpaired) electrons. The van der Waals surface area contributed by atoms with Crippen molar-refractivity contribution in [1.29, 1.82) is 0 Å². The lowest BCUT2D eigenvalue weighted by molar-refractivity contribution is -0.137. The molecule has 6 heteroatoms. The van der Waals surface area contributed by atoms with Crippen molar-refractivity contribution >= 4 is 17.6 Å². The van der Waals surface area contributed by atoms with Crippen LogP contribution in [-0.4, -0.2) is 37.7 Å². The van der Waals surface area contributed by atoms with Crippen LogP contribution in [0.1, 0.15) is 32.6 Å². The lowest BCUT2D eigenvalue weighted by atomic mass is 10.1. The second-order valence-corrected chi connectivity index (χ2v) is 4.95. The summed E-state index contributed by atoms with van der Waals surface area (Å²) in [7, 11) is 3.12. The molecule has 0 bridgehead atoms. The van der Waals surface area contributed by atoms with Crippen molar-refractivity contribution in [2.45, 2.75) is 32.6 Å². The van der Waals surface area contributed by atoms with E-state index in [0.29, 0.717) is 30.2 Å². The maximum atomic E-state index is 11.9. The molecule has 0 atom stereocenters. The number of methoxy groups -OCH3 is 2. The van der Waals surface area contributed by atoms with Crippen molar-refractivity contribution in [3.63, 3.8) is 0 Å². The number of carboxylic acid groups (broad SMARTS) is 1.